The first-order valence-electron chi connectivity index (χ1n) is 8.33. The molecule has 26 heavy (non-hydrogen) atoms. The Morgan fingerprint density at radius 2 is 2.04 bits per heavy atom. The highest BCUT2D eigenvalue weighted by Gasteiger charge is 2.11. The third-order valence-electron chi connectivity index (χ3n) is 3.79. The fourth-order valence-electron chi connectivity index (χ4n) is 2.53. The molecule has 2 aromatic carbocycles. The minimum Gasteiger partial charge on any atom is -0.493 e. The average Bonchev–Trinajstić information content (AvgIpc) is 2.59. The number of methoxy groups -OCH3 is 1. The maximum Gasteiger partial charge on any atom is 0.244 e. The molecule has 0 aromatic heterocycles. The number of nitrogens with zero attached hydrogens (tertiary/aromatic N) is 1. The number of aryl methyl sites for hydroxylation is 2. The van der Waals surface area contributed by atoms with Gasteiger partial charge in [-0.25, -0.2) is 5.43 Å². The van der Waals surface area contributed by atoms with Crippen LogP contribution in [0.4, 0.5) is 0 Å². The van der Waals surface area contributed by atoms with Gasteiger partial charge in [-0.1, -0.05) is 35.4 Å². The van der Waals surface area contributed by atoms with Crippen molar-refractivity contribution in [2.45, 2.75) is 27.2 Å². The maximum atomic E-state index is 12.1. The Kier molecular flexibility index (Phi) is 7.04. The zero-order valence-corrected chi connectivity index (χ0v) is 16.2. The number of benzene rings is 2. The molecule has 1 N–H and O–H groups in total. The zero-order chi connectivity index (χ0) is 19.1. The van der Waals surface area contributed by atoms with Gasteiger partial charge in [-0.2, -0.15) is 5.10 Å². The molecule has 0 aliphatic heterocycles. The van der Waals surface area contributed by atoms with Crippen LogP contribution in [0.25, 0.3) is 0 Å². The molecule has 6 heteroatoms. The second kappa shape index (κ2) is 9.25. The van der Waals surface area contributed by atoms with Crippen molar-refractivity contribution in [3.8, 4) is 11.5 Å². The van der Waals surface area contributed by atoms with Crippen LogP contribution in [-0.4, -0.2) is 25.8 Å². The third kappa shape index (κ3) is 5.23. The minimum absolute atomic E-state index is 0.183. The summed E-state index contributed by atoms with van der Waals surface area (Å²) in [7, 11) is 1.54. The highest BCUT2D eigenvalue weighted by molar-refractivity contribution is 6.32. The predicted molar refractivity (Wildman–Crippen MR) is 105 cm³/mol. The second-order valence-corrected chi connectivity index (χ2v) is 6.27. The highest BCUT2D eigenvalue weighted by Crippen LogP contribution is 2.35. The first-order chi connectivity index (χ1) is 12.4. The lowest BCUT2D eigenvalue weighted by Crippen LogP contribution is -2.20. The van der Waals surface area contributed by atoms with Gasteiger partial charge in [0, 0.05) is 0 Å². The Labute approximate surface area is 159 Å². The van der Waals surface area contributed by atoms with Crippen molar-refractivity contribution in [1.29, 1.82) is 0 Å². The normalized spacial score (nSPS) is 10.8. The standard InChI is InChI=1S/C20H23ClN2O3/c1-5-26-20-17(21)9-15(10-18(20)25-4)12-22-23-19(24)11-16-7-6-13(2)8-14(16)3/h6-10,12H,5,11H2,1-4H3,(H,23,24)/b22-12+. The van der Waals surface area contributed by atoms with E-state index in [1.54, 1.807) is 19.2 Å². The van der Waals surface area contributed by atoms with Crippen LogP contribution < -0.4 is 14.9 Å². The van der Waals surface area contributed by atoms with E-state index in [1.165, 1.54) is 11.8 Å². The lowest BCUT2D eigenvalue weighted by atomic mass is 10.0. The topological polar surface area (TPSA) is 59.9 Å². The Morgan fingerprint density at radius 3 is 2.69 bits per heavy atom. The molecule has 5 nitrogen and oxygen atoms in total. The molecule has 0 saturated heterocycles. The van der Waals surface area contributed by atoms with Crippen LogP contribution in [-0.2, 0) is 11.2 Å². The molecular formula is C20H23ClN2O3. The van der Waals surface area contributed by atoms with Crippen LogP contribution in [0.1, 0.15) is 29.2 Å². The lowest BCUT2D eigenvalue weighted by molar-refractivity contribution is -0.120. The summed E-state index contributed by atoms with van der Waals surface area (Å²) in [6.07, 6.45) is 1.79. The van der Waals surface area contributed by atoms with Gasteiger partial charge in [-0.05, 0) is 49.6 Å². The molecule has 0 heterocycles. The Bertz CT molecular complexity index is 819. The summed E-state index contributed by atoms with van der Waals surface area (Å²) in [6, 6.07) is 9.46. The first-order valence-corrected chi connectivity index (χ1v) is 8.70. The summed E-state index contributed by atoms with van der Waals surface area (Å²) >= 11 is 6.22. The third-order valence-corrected chi connectivity index (χ3v) is 4.07. The molecule has 2 rings (SSSR count). The van der Waals surface area contributed by atoms with Gasteiger partial charge >= 0.3 is 0 Å². The molecule has 0 spiro atoms. The molecule has 138 valence electrons. The largest absolute Gasteiger partial charge is 0.493 e. The van der Waals surface area contributed by atoms with E-state index < -0.39 is 0 Å². The highest BCUT2D eigenvalue weighted by atomic mass is 35.5. The van der Waals surface area contributed by atoms with Crippen molar-refractivity contribution in [2.24, 2.45) is 5.10 Å². The number of amides is 1. The fourth-order valence-corrected chi connectivity index (χ4v) is 2.81. The average molecular weight is 375 g/mol. The van der Waals surface area contributed by atoms with Gasteiger partial charge in [0.25, 0.3) is 0 Å². The molecule has 0 atom stereocenters. The van der Waals surface area contributed by atoms with Gasteiger partial charge < -0.3 is 9.47 Å². The van der Waals surface area contributed by atoms with Crippen molar-refractivity contribution in [3.63, 3.8) is 0 Å². The smallest absolute Gasteiger partial charge is 0.244 e. The molecule has 0 radical (unpaired) electrons. The Balaban J connectivity index is 2.03. The van der Waals surface area contributed by atoms with Crippen LogP contribution in [0, 0.1) is 13.8 Å². The van der Waals surface area contributed by atoms with Crippen LogP contribution in [0.2, 0.25) is 5.02 Å². The number of halogens is 1. The number of ether oxygens (including phenoxy) is 2. The first kappa shape index (κ1) is 19.8. The monoisotopic (exact) mass is 374 g/mol. The molecule has 0 saturated carbocycles. The number of hydrazone groups is 1. The Morgan fingerprint density at radius 1 is 1.27 bits per heavy atom. The van der Waals surface area contributed by atoms with E-state index in [9.17, 15) is 4.79 Å². The van der Waals surface area contributed by atoms with Gasteiger partial charge in [-0.15, -0.1) is 0 Å². The van der Waals surface area contributed by atoms with Crippen LogP contribution in [0.5, 0.6) is 11.5 Å². The number of rotatable bonds is 7. The number of hydrogen-bond acceptors (Lipinski definition) is 4. The molecular weight excluding hydrogens is 352 g/mol. The number of nitrogens with one attached hydrogen (secondary N) is 1. The van der Waals surface area contributed by atoms with Gasteiger partial charge in [-0.3, -0.25) is 4.79 Å². The van der Waals surface area contributed by atoms with E-state index in [-0.39, 0.29) is 12.3 Å². The molecule has 2 aromatic rings. The minimum atomic E-state index is -0.183. The summed E-state index contributed by atoms with van der Waals surface area (Å²) in [4.78, 5) is 12.1. The summed E-state index contributed by atoms with van der Waals surface area (Å²) in [6.45, 7) is 6.37. The van der Waals surface area contributed by atoms with Gasteiger partial charge in [0.1, 0.15) is 0 Å². The summed E-state index contributed by atoms with van der Waals surface area (Å²) in [5.74, 6) is 0.826. The van der Waals surface area contributed by atoms with E-state index in [2.05, 4.69) is 16.6 Å². The summed E-state index contributed by atoms with van der Waals surface area (Å²) < 4.78 is 10.8. The van der Waals surface area contributed by atoms with Crippen molar-refractivity contribution in [3.05, 3.63) is 57.6 Å². The van der Waals surface area contributed by atoms with Crippen molar-refractivity contribution >= 4 is 23.7 Å². The molecule has 1 amide bonds. The van der Waals surface area contributed by atoms with Gasteiger partial charge in [0.05, 0.1) is 31.4 Å². The second-order valence-electron chi connectivity index (χ2n) is 5.87. The van der Waals surface area contributed by atoms with E-state index in [1.807, 2.05) is 32.9 Å². The fraction of sp³-hybridized carbons (Fsp3) is 0.300. The SMILES string of the molecule is CCOc1c(Cl)cc(/C=N/NC(=O)Cc2ccc(C)cc2C)cc1OC. The Hall–Kier alpha value is -2.53. The molecule has 0 bridgehead atoms. The van der Waals surface area contributed by atoms with E-state index in [0.717, 1.165) is 11.1 Å². The molecule has 0 fully saturated rings. The van der Waals surface area contributed by atoms with Crippen molar-refractivity contribution in [2.75, 3.05) is 13.7 Å². The number of hydrogen-bond donors (Lipinski definition) is 1. The number of carbonyl (C=O) groups excluding carboxylic acids is 1. The van der Waals surface area contributed by atoms with E-state index in [4.69, 9.17) is 21.1 Å². The summed E-state index contributed by atoms with van der Waals surface area (Å²) in [5, 5.41) is 4.42. The number of carbonyl (C=O) groups is 1. The molecule has 0 unspecified atom stereocenters. The van der Waals surface area contributed by atoms with Crippen LogP contribution >= 0.6 is 11.6 Å². The zero-order valence-electron chi connectivity index (χ0n) is 15.4. The van der Waals surface area contributed by atoms with E-state index in [0.29, 0.717) is 28.7 Å². The van der Waals surface area contributed by atoms with Gasteiger partial charge in [0.2, 0.25) is 5.91 Å². The quantitative estimate of drug-likeness (QED) is 0.587. The summed E-state index contributed by atoms with van der Waals surface area (Å²) in [5.41, 5.74) is 6.47. The van der Waals surface area contributed by atoms with Crippen molar-refractivity contribution in [1.82, 2.24) is 5.43 Å². The van der Waals surface area contributed by atoms with Crippen molar-refractivity contribution < 1.29 is 14.3 Å². The van der Waals surface area contributed by atoms with Crippen LogP contribution in [0.15, 0.2) is 35.4 Å². The maximum absolute atomic E-state index is 12.1. The van der Waals surface area contributed by atoms with Gasteiger partial charge in [0.15, 0.2) is 11.5 Å². The van der Waals surface area contributed by atoms with Crippen LogP contribution in [0.3, 0.4) is 0 Å². The molecule has 0 aliphatic rings. The molecule has 0 aliphatic carbocycles. The lowest BCUT2D eigenvalue weighted by Gasteiger charge is -2.11. The van der Waals surface area contributed by atoms with E-state index >= 15 is 0 Å². The predicted octanol–water partition coefficient (Wildman–Crippen LogP) is 4.06.